The minimum Gasteiger partial charge on any atom is -0.478 e. The van der Waals surface area contributed by atoms with Crippen molar-refractivity contribution in [1.29, 1.82) is 0 Å². The average Bonchev–Trinajstić information content (AvgIpc) is 3.11. The number of ether oxygens (including phenoxy) is 6. The molecule has 4 aromatic carbocycles. The van der Waals surface area contributed by atoms with E-state index in [1.807, 2.05) is 91.0 Å². The maximum absolute atomic E-state index is 12.7. The monoisotopic (exact) mass is 654 g/mol. The Morgan fingerprint density at radius 1 is 0.688 bits per heavy atom. The molecule has 250 valence electrons. The topological polar surface area (TPSA) is 127 Å². The van der Waals surface area contributed by atoms with Crippen molar-refractivity contribution in [1.82, 2.24) is 0 Å². The summed E-state index contributed by atoms with van der Waals surface area (Å²) < 4.78 is 36.7. The molecule has 1 fully saturated rings. The van der Waals surface area contributed by atoms with Gasteiger partial charge in [-0.15, -0.1) is 0 Å². The average molecular weight is 655 g/mol. The molecule has 0 amide bonds. The van der Waals surface area contributed by atoms with E-state index in [4.69, 9.17) is 28.4 Å². The molecular weight excluding hydrogens is 616 g/mol. The summed E-state index contributed by atoms with van der Waals surface area (Å²) in [5.41, 5.74) is 2.31. The lowest BCUT2D eigenvalue weighted by atomic mass is 9.87. The Morgan fingerprint density at radius 3 is 1.75 bits per heavy atom. The normalized spacial score (nSPS) is 20.5. The van der Waals surface area contributed by atoms with E-state index in [1.165, 1.54) is 32.2 Å². The third kappa shape index (κ3) is 8.72. The first-order valence-electron chi connectivity index (χ1n) is 15.6. The van der Waals surface area contributed by atoms with Crippen molar-refractivity contribution >= 4 is 17.9 Å². The second-order valence-corrected chi connectivity index (χ2v) is 11.3. The second kappa shape index (κ2) is 16.8. The maximum atomic E-state index is 12.7. The Hall–Kier alpha value is -4.87. The van der Waals surface area contributed by atoms with E-state index in [1.54, 1.807) is 0 Å². The van der Waals surface area contributed by atoms with E-state index >= 15 is 0 Å². The summed E-state index contributed by atoms with van der Waals surface area (Å²) in [4.78, 5) is 38.1. The standard InChI is InChI=1S/C38H38O10/c1-25(39)47-36-33(29-19-12-20-30(38(42)43-2)32(29)37(40)41)48-31(24-44-21-26-13-6-3-7-14-26)34(45-22-27-15-8-4-9-16-27)35(36)46-23-28-17-10-5-11-18-28/h3-20,31,33-36H,21-24H2,1-2H3,(H,40,41)/t31-,33+,34-,35+,36-/m1/s1. The van der Waals surface area contributed by atoms with Crippen LogP contribution in [0, 0.1) is 0 Å². The zero-order valence-corrected chi connectivity index (χ0v) is 26.7. The summed E-state index contributed by atoms with van der Waals surface area (Å²) >= 11 is 0. The molecule has 0 saturated carbocycles. The lowest BCUT2D eigenvalue weighted by Crippen LogP contribution is -2.58. The highest BCUT2D eigenvalue weighted by Crippen LogP contribution is 2.40. The fourth-order valence-corrected chi connectivity index (χ4v) is 5.74. The highest BCUT2D eigenvalue weighted by atomic mass is 16.6. The van der Waals surface area contributed by atoms with Gasteiger partial charge in [-0.3, -0.25) is 4.79 Å². The van der Waals surface area contributed by atoms with Crippen LogP contribution < -0.4 is 0 Å². The van der Waals surface area contributed by atoms with Crippen LogP contribution in [0.15, 0.2) is 109 Å². The van der Waals surface area contributed by atoms with E-state index in [2.05, 4.69) is 0 Å². The van der Waals surface area contributed by atoms with Gasteiger partial charge in [0.2, 0.25) is 0 Å². The molecule has 10 nitrogen and oxygen atoms in total. The molecule has 1 aliphatic rings. The van der Waals surface area contributed by atoms with Gasteiger partial charge in [0.25, 0.3) is 0 Å². The number of carboxylic acid groups (broad SMARTS) is 1. The minimum atomic E-state index is -1.38. The first-order chi connectivity index (χ1) is 23.4. The van der Waals surface area contributed by atoms with Crippen molar-refractivity contribution in [2.75, 3.05) is 13.7 Å². The molecule has 0 radical (unpaired) electrons. The van der Waals surface area contributed by atoms with Gasteiger partial charge in [0.05, 0.1) is 44.7 Å². The third-order valence-corrected chi connectivity index (χ3v) is 7.92. The number of methoxy groups -OCH3 is 1. The molecule has 0 unspecified atom stereocenters. The summed E-state index contributed by atoms with van der Waals surface area (Å²) in [6.07, 6.45) is -4.97. The van der Waals surface area contributed by atoms with Gasteiger partial charge in [-0.05, 0) is 28.3 Å². The number of carbonyl (C=O) groups excluding carboxylic acids is 2. The van der Waals surface area contributed by atoms with Crippen molar-refractivity contribution in [3.05, 3.63) is 143 Å². The third-order valence-electron chi connectivity index (χ3n) is 7.92. The first-order valence-corrected chi connectivity index (χ1v) is 15.6. The van der Waals surface area contributed by atoms with Crippen molar-refractivity contribution < 1.29 is 47.9 Å². The smallest absolute Gasteiger partial charge is 0.338 e. The molecule has 10 heteroatoms. The van der Waals surface area contributed by atoms with Gasteiger partial charge in [0.1, 0.15) is 24.4 Å². The predicted octanol–water partition coefficient (Wildman–Crippen LogP) is 5.93. The van der Waals surface area contributed by atoms with Crippen molar-refractivity contribution in [2.45, 2.75) is 57.3 Å². The quantitative estimate of drug-likeness (QED) is 0.164. The molecule has 1 saturated heterocycles. The Balaban J connectivity index is 1.58. The van der Waals surface area contributed by atoms with Gasteiger partial charge in [0.15, 0.2) is 6.10 Å². The number of carbonyl (C=O) groups is 3. The van der Waals surface area contributed by atoms with Crippen LogP contribution in [0.1, 0.15) is 56.0 Å². The van der Waals surface area contributed by atoms with Crippen molar-refractivity contribution in [3.8, 4) is 0 Å². The molecule has 5 rings (SSSR count). The lowest BCUT2D eigenvalue weighted by molar-refractivity contribution is -0.268. The fraction of sp³-hybridized carbons (Fsp3) is 0.289. The van der Waals surface area contributed by atoms with Gasteiger partial charge in [-0.1, -0.05) is 103 Å². The van der Waals surface area contributed by atoms with E-state index in [-0.39, 0.29) is 43.1 Å². The van der Waals surface area contributed by atoms with Gasteiger partial charge in [-0.2, -0.15) is 0 Å². The van der Waals surface area contributed by atoms with Crippen LogP contribution in [0.3, 0.4) is 0 Å². The number of hydrogen-bond acceptors (Lipinski definition) is 9. The SMILES string of the molecule is COC(=O)c1cccc([C@@H]2O[C@H](COCc3ccccc3)[C@@H](OCc3ccccc3)[C@H](OCc3ccccc3)[C@@H]2OC(C)=O)c1C(=O)O. The number of carboxylic acids is 1. The number of esters is 2. The van der Waals surface area contributed by atoms with Gasteiger partial charge in [-0.25, -0.2) is 9.59 Å². The molecule has 0 aromatic heterocycles. The largest absolute Gasteiger partial charge is 0.478 e. The summed E-state index contributed by atoms with van der Waals surface area (Å²) in [5, 5.41) is 10.4. The van der Waals surface area contributed by atoms with Crippen LogP contribution in [-0.4, -0.2) is 61.1 Å². The summed E-state index contributed by atoms with van der Waals surface area (Å²) in [6, 6.07) is 33.1. The van der Waals surface area contributed by atoms with E-state index in [9.17, 15) is 19.5 Å². The predicted molar refractivity (Wildman–Crippen MR) is 174 cm³/mol. The highest BCUT2D eigenvalue weighted by molar-refractivity contribution is 6.03. The Labute approximate surface area is 279 Å². The van der Waals surface area contributed by atoms with Crippen LogP contribution in [0.5, 0.6) is 0 Å². The summed E-state index contributed by atoms with van der Waals surface area (Å²) in [5.74, 6) is -2.85. The molecule has 1 heterocycles. The zero-order valence-electron chi connectivity index (χ0n) is 26.7. The van der Waals surface area contributed by atoms with Crippen LogP contribution in [-0.2, 0) is 53.0 Å². The lowest BCUT2D eigenvalue weighted by Gasteiger charge is -2.46. The van der Waals surface area contributed by atoms with Crippen LogP contribution in [0.4, 0.5) is 0 Å². The second-order valence-electron chi connectivity index (χ2n) is 11.3. The first kappa shape index (κ1) is 34.5. The van der Waals surface area contributed by atoms with Gasteiger partial charge < -0.3 is 33.5 Å². The van der Waals surface area contributed by atoms with E-state index in [0.29, 0.717) is 0 Å². The van der Waals surface area contributed by atoms with Crippen LogP contribution >= 0.6 is 0 Å². The van der Waals surface area contributed by atoms with Gasteiger partial charge >= 0.3 is 17.9 Å². The molecule has 0 aliphatic carbocycles. The molecule has 48 heavy (non-hydrogen) atoms. The number of aromatic carboxylic acids is 1. The van der Waals surface area contributed by atoms with Crippen LogP contribution in [0.2, 0.25) is 0 Å². The number of rotatable bonds is 14. The molecule has 1 N–H and O–H groups in total. The van der Waals surface area contributed by atoms with Crippen molar-refractivity contribution in [2.24, 2.45) is 0 Å². The molecular formula is C38H38O10. The number of benzene rings is 4. The van der Waals surface area contributed by atoms with Gasteiger partial charge in [0, 0.05) is 6.92 Å². The molecule has 5 atom stereocenters. The summed E-state index contributed by atoms with van der Waals surface area (Å²) in [7, 11) is 1.17. The van der Waals surface area contributed by atoms with Crippen LogP contribution in [0.25, 0.3) is 0 Å². The minimum absolute atomic E-state index is 0.0297. The zero-order chi connectivity index (χ0) is 33.9. The molecule has 1 aliphatic heterocycles. The maximum Gasteiger partial charge on any atom is 0.338 e. The Bertz CT molecular complexity index is 1640. The Kier molecular flexibility index (Phi) is 12.1. The molecule has 0 spiro atoms. The van der Waals surface area contributed by atoms with Crippen molar-refractivity contribution in [3.63, 3.8) is 0 Å². The summed E-state index contributed by atoms with van der Waals surface area (Å²) in [6.45, 7) is 1.88. The number of hydrogen-bond donors (Lipinski definition) is 1. The molecule has 0 bridgehead atoms. The van der Waals surface area contributed by atoms with E-state index in [0.717, 1.165) is 16.7 Å². The van der Waals surface area contributed by atoms with E-state index < -0.39 is 48.4 Å². The highest BCUT2D eigenvalue weighted by Gasteiger charge is 2.51. The fourth-order valence-electron chi connectivity index (χ4n) is 5.74. The Morgan fingerprint density at radius 2 is 1.23 bits per heavy atom. The molecule has 4 aromatic rings.